The normalized spacial score (nSPS) is 16.9. The molecule has 0 radical (unpaired) electrons. The lowest BCUT2D eigenvalue weighted by Crippen LogP contribution is -2.49. The lowest BCUT2D eigenvalue weighted by molar-refractivity contribution is 0.0646. The average molecular weight is 474 g/mol. The smallest absolute Gasteiger partial charge is 0.259 e. The van der Waals surface area contributed by atoms with Crippen LogP contribution in [0, 0.1) is 6.92 Å². The van der Waals surface area contributed by atoms with Gasteiger partial charge in [-0.25, -0.2) is 0 Å². The summed E-state index contributed by atoms with van der Waals surface area (Å²) in [4.78, 5) is 32.2. The van der Waals surface area contributed by atoms with E-state index in [1.54, 1.807) is 17.4 Å². The highest BCUT2D eigenvalue weighted by Crippen LogP contribution is 2.42. The summed E-state index contributed by atoms with van der Waals surface area (Å²) in [5.74, 6) is 0.224. The largest absolute Gasteiger partial charge is 0.342 e. The minimum atomic E-state index is -0.125. The van der Waals surface area contributed by atoms with Crippen LogP contribution in [-0.4, -0.2) is 53.0 Å². The van der Waals surface area contributed by atoms with Gasteiger partial charge in [0.25, 0.3) is 5.91 Å². The molecular weight excluding hydrogens is 442 g/mol. The van der Waals surface area contributed by atoms with E-state index in [9.17, 15) is 9.59 Å². The van der Waals surface area contributed by atoms with Crippen molar-refractivity contribution in [1.82, 2.24) is 14.4 Å². The van der Waals surface area contributed by atoms with Crippen LogP contribution in [-0.2, 0) is 6.54 Å². The minimum absolute atomic E-state index is 0.0914. The maximum Gasteiger partial charge on any atom is 0.259 e. The van der Waals surface area contributed by atoms with Gasteiger partial charge < -0.3 is 9.47 Å². The summed E-state index contributed by atoms with van der Waals surface area (Å²) >= 11 is 1.71. The van der Waals surface area contributed by atoms with E-state index in [1.165, 1.54) is 10.4 Å². The number of carbonyl (C=O) groups is 1. The van der Waals surface area contributed by atoms with Crippen molar-refractivity contribution < 1.29 is 4.79 Å². The number of nitrogens with zero attached hydrogens (tertiary/aromatic N) is 3. The van der Waals surface area contributed by atoms with Crippen molar-refractivity contribution in [2.45, 2.75) is 32.2 Å². The first kappa shape index (κ1) is 22.8. The fourth-order valence-electron chi connectivity index (χ4n) is 4.75. The van der Waals surface area contributed by atoms with Gasteiger partial charge in [0.1, 0.15) is 5.56 Å². The molecule has 0 bridgehead atoms. The number of aromatic nitrogens is 1. The Balaban J connectivity index is 1.30. The van der Waals surface area contributed by atoms with Crippen LogP contribution in [0.5, 0.6) is 0 Å². The first-order valence-electron chi connectivity index (χ1n) is 12.1. The number of aryl methyl sites for hydroxylation is 1. The Morgan fingerprint density at radius 1 is 1.06 bits per heavy atom. The Morgan fingerprint density at radius 3 is 2.50 bits per heavy atom. The van der Waals surface area contributed by atoms with Crippen molar-refractivity contribution in [2.75, 3.05) is 32.7 Å². The highest BCUT2D eigenvalue weighted by molar-refractivity contribution is 7.09. The van der Waals surface area contributed by atoms with Crippen LogP contribution in [0.1, 0.15) is 50.9 Å². The first-order valence-corrected chi connectivity index (χ1v) is 13.0. The summed E-state index contributed by atoms with van der Waals surface area (Å²) in [6.45, 7) is 6.51. The van der Waals surface area contributed by atoms with E-state index in [0.717, 1.165) is 50.4 Å². The van der Waals surface area contributed by atoms with E-state index < -0.39 is 0 Å². The Bertz CT molecular complexity index is 1220. The van der Waals surface area contributed by atoms with Gasteiger partial charge in [0.05, 0.1) is 6.54 Å². The summed E-state index contributed by atoms with van der Waals surface area (Å²) in [7, 11) is 0. The molecule has 1 saturated heterocycles. The number of rotatable bonds is 7. The molecule has 6 heteroatoms. The molecule has 2 aliphatic rings. The van der Waals surface area contributed by atoms with Crippen LogP contribution >= 0.6 is 11.3 Å². The van der Waals surface area contributed by atoms with E-state index in [-0.39, 0.29) is 11.3 Å². The van der Waals surface area contributed by atoms with Crippen molar-refractivity contribution in [3.8, 4) is 0 Å². The molecule has 5 nitrogen and oxygen atoms in total. The van der Waals surface area contributed by atoms with Crippen molar-refractivity contribution in [3.05, 3.63) is 97.6 Å². The van der Waals surface area contributed by atoms with Crippen LogP contribution in [0.4, 0.5) is 0 Å². The number of hydrogen-bond acceptors (Lipinski definition) is 4. The lowest BCUT2D eigenvalue weighted by atomic mass is 10.0. The number of hydrogen-bond donors (Lipinski definition) is 0. The third-order valence-corrected chi connectivity index (χ3v) is 7.63. The second kappa shape index (κ2) is 10.1. The number of thiophene rings is 1. The molecule has 2 aromatic heterocycles. The second-order valence-electron chi connectivity index (χ2n) is 9.26. The van der Waals surface area contributed by atoms with Gasteiger partial charge in [-0.2, -0.15) is 0 Å². The molecule has 3 aromatic rings. The molecule has 0 unspecified atom stereocenters. The first-order chi connectivity index (χ1) is 16.6. The number of pyridine rings is 1. The van der Waals surface area contributed by atoms with Crippen molar-refractivity contribution in [1.29, 1.82) is 0 Å². The Labute approximate surface area is 205 Å². The summed E-state index contributed by atoms with van der Waals surface area (Å²) in [6, 6.07) is 16.1. The van der Waals surface area contributed by atoms with E-state index in [0.29, 0.717) is 24.6 Å². The SMILES string of the molecule is Cc1cc(=O)c(C(=O)N2CCN(C/C=C/c3ccccc3)CC2)c(C2CC2)n1Cc1cccs1. The van der Waals surface area contributed by atoms with Gasteiger partial charge in [-0.05, 0) is 36.8 Å². The van der Waals surface area contributed by atoms with Crippen LogP contribution in [0.25, 0.3) is 6.08 Å². The molecule has 5 rings (SSSR count). The van der Waals surface area contributed by atoms with Crippen molar-refractivity contribution >= 4 is 23.3 Å². The number of amides is 1. The molecule has 1 amide bonds. The molecule has 1 aromatic carbocycles. The van der Waals surface area contributed by atoms with Gasteiger partial charge in [-0.3, -0.25) is 14.5 Å². The van der Waals surface area contributed by atoms with Crippen molar-refractivity contribution in [2.24, 2.45) is 0 Å². The topological polar surface area (TPSA) is 45.6 Å². The van der Waals surface area contributed by atoms with Crippen LogP contribution in [0.3, 0.4) is 0 Å². The van der Waals surface area contributed by atoms with Crippen LogP contribution in [0.2, 0.25) is 0 Å². The third kappa shape index (κ3) is 5.08. The zero-order valence-corrected chi connectivity index (χ0v) is 20.5. The zero-order chi connectivity index (χ0) is 23.5. The van der Waals surface area contributed by atoms with E-state index >= 15 is 0 Å². The summed E-state index contributed by atoms with van der Waals surface area (Å²) in [5, 5.41) is 2.07. The quantitative estimate of drug-likeness (QED) is 0.503. The molecule has 0 atom stereocenters. The standard InChI is InChI=1S/C28H31N3O2S/c1-21-19-25(32)26(27(23-11-12-23)31(21)20-24-10-6-18-34-24)28(33)30-16-14-29(15-17-30)13-5-9-22-7-3-2-4-8-22/h2-10,18-19,23H,11-17,20H2,1H3/b9-5+. The fourth-order valence-corrected chi connectivity index (χ4v) is 5.44. The fraction of sp³-hybridized carbons (Fsp3) is 0.357. The van der Waals surface area contributed by atoms with Gasteiger partial charge in [0, 0.05) is 61.0 Å². The molecule has 3 heterocycles. The van der Waals surface area contributed by atoms with Crippen LogP contribution in [0.15, 0.2) is 64.8 Å². The third-order valence-electron chi connectivity index (χ3n) is 6.76. The van der Waals surface area contributed by atoms with Gasteiger partial charge in [-0.1, -0.05) is 48.6 Å². The van der Waals surface area contributed by atoms with Gasteiger partial charge in [0.2, 0.25) is 0 Å². The molecule has 1 aliphatic carbocycles. The maximum absolute atomic E-state index is 13.6. The number of benzene rings is 1. The molecule has 0 spiro atoms. The zero-order valence-electron chi connectivity index (χ0n) is 19.7. The van der Waals surface area contributed by atoms with E-state index in [4.69, 9.17) is 0 Å². The molecule has 0 N–H and O–H groups in total. The number of piperazine rings is 1. The molecule has 1 aliphatic heterocycles. The summed E-state index contributed by atoms with van der Waals surface area (Å²) in [5.41, 5.74) is 3.37. The predicted octanol–water partition coefficient (Wildman–Crippen LogP) is 4.62. The highest BCUT2D eigenvalue weighted by atomic mass is 32.1. The Morgan fingerprint density at radius 2 is 1.82 bits per heavy atom. The lowest BCUT2D eigenvalue weighted by Gasteiger charge is -2.34. The molecule has 2 fully saturated rings. The van der Waals surface area contributed by atoms with Crippen molar-refractivity contribution in [3.63, 3.8) is 0 Å². The Kier molecular flexibility index (Phi) is 6.79. The van der Waals surface area contributed by atoms with E-state index in [1.807, 2.05) is 30.0 Å². The highest BCUT2D eigenvalue weighted by Gasteiger charge is 2.35. The monoisotopic (exact) mass is 473 g/mol. The summed E-state index contributed by atoms with van der Waals surface area (Å²) in [6.07, 6.45) is 6.42. The van der Waals surface area contributed by atoms with Gasteiger partial charge in [-0.15, -0.1) is 11.3 Å². The van der Waals surface area contributed by atoms with Gasteiger partial charge in [0.15, 0.2) is 5.43 Å². The Hall–Kier alpha value is -2.96. The molecule has 176 valence electrons. The molecule has 1 saturated carbocycles. The van der Waals surface area contributed by atoms with Crippen LogP contribution < -0.4 is 5.43 Å². The minimum Gasteiger partial charge on any atom is -0.342 e. The molecule has 34 heavy (non-hydrogen) atoms. The van der Waals surface area contributed by atoms with E-state index in [2.05, 4.69) is 51.3 Å². The second-order valence-corrected chi connectivity index (χ2v) is 10.3. The maximum atomic E-state index is 13.6. The molecular formula is C28H31N3O2S. The van der Waals surface area contributed by atoms with Gasteiger partial charge >= 0.3 is 0 Å². The summed E-state index contributed by atoms with van der Waals surface area (Å²) < 4.78 is 2.21. The average Bonchev–Trinajstić information content (AvgIpc) is 3.56. The number of carbonyl (C=O) groups excluding carboxylic acids is 1. The predicted molar refractivity (Wildman–Crippen MR) is 139 cm³/mol.